The number of carbonyl (C=O) groups excluding carboxylic acids is 1. The first-order chi connectivity index (χ1) is 15.5. The van der Waals surface area contributed by atoms with Crippen molar-refractivity contribution in [1.82, 2.24) is 19.7 Å². The van der Waals surface area contributed by atoms with Crippen molar-refractivity contribution < 1.29 is 4.79 Å². The Labute approximate surface area is 197 Å². The number of thiophene rings is 1. The van der Waals surface area contributed by atoms with Gasteiger partial charge >= 0.3 is 0 Å². The van der Waals surface area contributed by atoms with E-state index >= 15 is 0 Å². The summed E-state index contributed by atoms with van der Waals surface area (Å²) in [5.74, 6) is 1.26. The topological polar surface area (TPSA) is 84.7 Å². The van der Waals surface area contributed by atoms with Gasteiger partial charge in [-0.05, 0) is 48.2 Å². The minimum Gasteiger partial charge on any atom is -0.328 e. The van der Waals surface area contributed by atoms with Gasteiger partial charge in [0.2, 0.25) is 5.95 Å². The fraction of sp³-hybridized carbons (Fsp3) is 0.0909. The number of nitrogens with one attached hydrogen (secondary N) is 2. The van der Waals surface area contributed by atoms with E-state index in [-0.39, 0.29) is 5.91 Å². The summed E-state index contributed by atoms with van der Waals surface area (Å²) >= 11 is 14.0. The highest BCUT2D eigenvalue weighted by Crippen LogP contribution is 2.38. The largest absolute Gasteiger partial charge is 0.328 e. The van der Waals surface area contributed by atoms with E-state index in [1.165, 1.54) is 0 Å². The van der Waals surface area contributed by atoms with Gasteiger partial charge < -0.3 is 10.6 Å². The lowest BCUT2D eigenvalue weighted by Crippen LogP contribution is -2.31. The van der Waals surface area contributed by atoms with E-state index in [1.54, 1.807) is 46.5 Å². The quantitative estimate of drug-likeness (QED) is 0.393. The number of pyridine rings is 1. The van der Waals surface area contributed by atoms with Crippen LogP contribution in [0.4, 0.5) is 11.8 Å². The number of carbonyl (C=O) groups is 1. The number of hydrogen-bond acceptors (Lipinski definition) is 6. The highest BCUT2D eigenvalue weighted by atomic mass is 35.5. The van der Waals surface area contributed by atoms with Crippen molar-refractivity contribution in [2.45, 2.75) is 13.0 Å². The van der Waals surface area contributed by atoms with Crippen LogP contribution in [0.15, 0.2) is 71.4 Å². The minimum absolute atomic E-state index is 0.302. The number of amides is 1. The Morgan fingerprint density at radius 3 is 2.75 bits per heavy atom. The standard InChI is InChI=1S/C22H16Cl2N6OS/c1-12-18(21(31)27-17-6-2-3-9-25-17)19(13-7-8-14(23)15(24)11-13)30-22(26-12)28-20(29-30)16-5-4-10-32-16/h2-11,19H,1H3,(H,25,27,31)(H,26,28,29). The first-order valence-electron chi connectivity index (χ1n) is 9.67. The molecular formula is C22H16Cl2N6OS. The summed E-state index contributed by atoms with van der Waals surface area (Å²) < 4.78 is 1.70. The Morgan fingerprint density at radius 1 is 1.16 bits per heavy atom. The Balaban J connectivity index is 1.63. The molecule has 0 spiro atoms. The van der Waals surface area contributed by atoms with Crippen molar-refractivity contribution in [3.05, 3.63) is 87.0 Å². The van der Waals surface area contributed by atoms with E-state index in [0.717, 1.165) is 10.4 Å². The second-order valence-electron chi connectivity index (χ2n) is 7.09. The number of hydrogen-bond donors (Lipinski definition) is 2. The number of rotatable bonds is 4. The molecule has 4 heterocycles. The zero-order chi connectivity index (χ0) is 22.2. The molecule has 0 saturated carbocycles. The van der Waals surface area contributed by atoms with Crippen LogP contribution in [0.25, 0.3) is 10.7 Å². The van der Waals surface area contributed by atoms with E-state index in [9.17, 15) is 4.79 Å². The predicted molar refractivity (Wildman–Crippen MR) is 127 cm³/mol. The highest BCUT2D eigenvalue weighted by Gasteiger charge is 2.35. The molecule has 1 unspecified atom stereocenters. The third kappa shape index (κ3) is 3.77. The van der Waals surface area contributed by atoms with Gasteiger partial charge in [-0.1, -0.05) is 41.4 Å². The van der Waals surface area contributed by atoms with Crippen LogP contribution >= 0.6 is 34.5 Å². The molecule has 4 aromatic rings. The van der Waals surface area contributed by atoms with Crippen LogP contribution in [0.2, 0.25) is 10.0 Å². The van der Waals surface area contributed by atoms with Gasteiger partial charge in [-0.25, -0.2) is 9.67 Å². The van der Waals surface area contributed by atoms with Gasteiger partial charge in [-0.15, -0.1) is 16.4 Å². The van der Waals surface area contributed by atoms with Crippen LogP contribution < -0.4 is 10.6 Å². The lowest BCUT2D eigenvalue weighted by Gasteiger charge is -2.28. The third-order valence-electron chi connectivity index (χ3n) is 5.00. The van der Waals surface area contributed by atoms with Crippen LogP contribution in [0, 0.1) is 0 Å². The molecule has 1 atom stereocenters. The molecule has 7 nitrogen and oxygen atoms in total. The van der Waals surface area contributed by atoms with Crippen LogP contribution in [0.3, 0.4) is 0 Å². The third-order valence-corrected chi connectivity index (χ3v) is 6.61. The molecule has 0 radical (unpaired) electrons. The average molecular weight is 483 g/mol. The molecule has 1 aromatic carbocycles. The number of halogens is 2. The maximum absolute atomic E-state index is 13.4. The summed E-state index contributed by atoms with van der Waals surface area (Å²) in [7, 11) is 0. The molecule has 10 heteroatoms. The summed E-state index contributed by atoms with van der Waals surface area (Å²) in [5, 5.41) is 13.6. The van der Waals surface area contributed by atoms with Crippen molar-refractivity contribution in [1.29, 1.82) is 0 Å². The van der Waals surface area contributed by atoms with Crippen LogP contribution in [0.5, 0.6) is 0 Å². The van der Waals surface area contributed by atoms with Gasteiger partial charge in [0.05, 0.1) is 20.5 Å². The van der Waals surface area contributed by atoms with Crippen LogP contribution in [-0.4, -0.2) is 25.7 Å². The maximum Gasteiger partial charge on any atom is 0.257 e. The molecule has 0 saturated heterocycles. The average Bonchev–Trinajstić information content (AvgIpc) is 3.45. The molecule has 3 aromatic heterocycles. The van der Waals surface area contributed by atoms with Gasteiger partial charge in [0.25, 0.3) is 5.91 Å². The molecule has 160 valence electrons. The molecule has 1 amide bonds. The monoisotopic (exact) mass is 482 g/mol. The summed E-state index contributed by atoms with van der Waals surface area (Å²) in [6.07, 6.45) is 1.62. The van der Waals surface area contributed by atoms with E-state index in [0.29, 0.717) is 38.9 Å². The fourth-order valence-electron chi connectivity index (χ4n) is 3.57. The Bertz CT molecular complexity index is 1330. The summed E-state index contributed by atoms with van der Waals surface area (Å²) in [6, 6.07) is 14.0. The van der Waals surface area contributed by atoms with Gasteiger partial charge in [-0.3, -0.25) is 4.79 Å². The molecule has 32 heavy (non-hydrogen) atoms. The number of fused-ring (bicyclic) bond motifs is 1. The zero-order valence-corrected chi connectivity index (χ0v) is 19.0. The van der Waals surface area contributed by atoms with Gasteiger partial charge in [0.15, 0.2) is 5.82 Å². The highest BCUT2D eigenvalue weighted by molar-refractivity contribution is 7.13. The summed E-state index contributed by atoms with van der Waals surface area (Å²) in [5.41, 5.74) is 1.90. The number of aromatic nitrogens is 4. The lowest BCUT2D eigenvalue weighted by molar-refractivity contribution is -0.113. The van der Waals surface area contributed by atoms with Gasteiger partial charge in [0.1, 0.15) is 11.9 Å². The summed E-state index contributed by atoms with van der Waals surface area (Å²) in [6.45, 7) is 1.83. The van der Waals surface area contributed by atoms with E-state index < -0.39 is 6.04 Å². The molecule has 2 N–H and O–H groups in total. The van der Waals surface area contributed by atoms with Crippen molar-refractivity contribution in [2.75, 3.05) is 10.6 Å². The normalized spacial score (nSPS) is 15.3. The minimum atomic E-state index is -0.564. The van der Waals surface area contributed by atoms with Crippen molar-refractivity contribution in [3.63, 3.8) is 0 Å². The Morgan fingerprint density at radius 2 is 2.03 bits per heavy atom. The first kappa shape index (κ1) is 20.7. The van der Waals surface area contributed by atoms with E-state index in [2.05, 4.69) is 20.6 Å². The van der Waals surface area contributed by atoms with E-state index in [1.807, 2.05) is 36.6 Å². The fourth-order valence-corrected chi connectivity index (χ4v) is 4.53. The lowest BCUT2D eigenvalue weighted by atomic mass is 9.95. The van der Waals surface area contributed by atoms with Crippen molar-refractivity contribution in [2.24, 2.45) is 0 Å². The molecule has 0 bridgehead atoms. The maximum atomic E-state index is 13.4. The predicted octanol–water partition coefficient (Wildman–Crippen LogP) is 5.64. The number of allylic oxidation sites excluding steroid dienone is 1. The Kier molecular flexibility index (Phi) is 5.42. The second-order valence-corrected chi connectivity index (χ2v) is 8.85. The molecule has 5 rings (SSSR count). The number of anilines is 2. The van der Waals surface area contributed by atoms with Crippen LogP contribution in [-0.2, 0) is 4.79 Å². The van der Waals surface area contributed by atoms with Crippen molar-refractivity contribution >= 4 is 52.2 Å². The van der Waals surface area contributed by atoms with Crippen LogP contribution in [0.1, 0.15) is 18.5 Å². The molecule has 0 fully saturated rings. The first-order valence-corrected chi connectivity index (χ1v) is 11.3. The van der Waals surface area contributed by atoms with Gasteiger partial charge in [-0.2, -0.15) is 4.98 Å². The van der Waals surface area contributed by atoms with Gasteiger partial charge in [0, 0.05) is 11.9 Å². The molecule has 0 aliphatic carbocycles. The molecular weight excluding hydrogens is 467 g/mol. The smallest absolute Gasteiger partial charge is 0.257 e. The second kappa shape index (κ2) is 8.38. The number of nitrogens with zero attached hydrogens (tertiary/aromatic N) is 4. The zero-order valence-electron chi connectivity index (χ0n) is 16.7. The number of benzene rings is 1. The Hall–Kier alpha value is -3.20. The summed E-state index contributed by atoms with van der Waals surface area (Å²) in [4.78, 5) is 23.2. The molecule has 1 aliphatic heterocycles. The van der Waals surface area contributed by atoms with E-state index in [4.69, 9.17) is 28.3 Å². The molecule has 1 aliphatic rings. The van der Waals surface area contributed by atoms with Crippen molar-refractivity contribution in [3.8, 4) is 10.7 Å². The SMILES string of the molecule is CC1=C(C(=O)Nc2ccccn2)C(c2ccc(Cl)c(Cl)c2)n2nc(-c3cccs3)nc2N1.